The molecule has 1 saturated heterocycles. The number of carbonyl (C=O) groups is 1. The zero-order valence-electron chi connectivity index (χ0n) is 15.5. The van der Waals surface area contributed by atoms with Crippen LogP contribution in [-0.4, -0.2) is 50.1 Å². The summed E-state index contributed by atoms with van der Waals surface area (Å²) in [5.74, 6) is 2.25. The quantitative estimate of drug-likeness (QED) is 0.611. The van der Waals surface area contributed by atoms with Crippen molar-refractivity contribution in [2.75, 3.05) is 33.3 Å². The molecule has 2 rings (SSSR count). The second-order valence-corrected chi connectivity index (χ2v) is 6.48. The second kappa shape index (κ2) is 9.91. The Bertz CT molecular complexity index is 589. The number of hydrogen-bond donors (Lipinski definition) is 2. The van der Waals surface area contributed by atoms with Crippen LogP contribution in [-0.2, 0) is 11.3 Å². The molecule has 1 fully saturated rings. The molecule has 1 aromatic carbocycles. The molecule has 1 atom stereocenters. The van der Waals surface area contributed by atoms with Crippen molar-refractivity contribution in [3.8, 4) is 5.75 Å². The lowest BCUT2D eigenvalue weighted by Crippen LogP contribution is -2.45. The fourth-order valence-corrected chi connectivity index (χ4v) is 3.04. The van der Waals surface area contributed by atoms with Gasteiger partial charge in [0.2, 0.25) is 0 Å². The molecule has 1 aliphatic rings. The molecular formula is C19H30N4O2. The third kappa shape index (κ3) is 6.29. The molecule has 6 heteroatoms. The molecular weight excluding hydrogens is 316 g/mol. The Morgan fingerprint density at radius 2 is 2.24 bits per heavy atom. The Hall–Kier alpha value is -2.24. The van der Waals surface area contributed by atoms with Gasteiger partial charge in [-0.2, -0.15) is 0 Å². The normalized spacial score (nSPS) is 18.0. The monoisotopic (exact) mass is 346 g/mol. The molecule has 1 heterocycles. The molecule has 138 valence electrons. The first-order valence-electron chi connectivity index (χ1n) is 9.06. The highest BCUT2D eigenvalue weighted by Gasteiger charge is 2.18. The minimum Gasteiger partial charge on any atom is -0.484 e. The molecule has 0 aromatic heterocycles. The minimum absolute atomic E-state index is 0.0397. The fourth-order valence-electron chi connectivity index (χ4n) is 3.04. The Morgan fingerprint density at radius 3 is 2.96 bits per heavy atom. The molecule has 0 radical (unpaired) electrons. The van der Waals surface area contributed by atoms with E-state index in [4.69, 9.17) is 4.74 Å². The van der Waals surface area contributed by atoms with Crippen LogP contribution in [0.25, 0.3) is 0 Å². The first kappa shape index (κ1) is 19.1. The van der Waals surface area contributed by atoms with Gasteiger partial charge in [0.05, 0.1) is 0 Å². The van der Waals surface area contributed by atoms with Crippen LogP contribution >= 0.6 is 0 Å². The van der Waals surface area contributed by atoms with Crippen molar-refractivity contribution in [3.05, 3.63) is 29.8 Å². The summed E-state index contributed by atoms with van der Waals surface area (Å²) in [6.45, 7) is 7.61. The molecule has 0 spiro atoms. The number of nitrogens with zero attached hydrogens (tertiary/aromatic N) is 2. The van der Waals surface area contributed by atoms with E-state index >= 15 is 0 Å². The van der Waals surface area contributed by atoms with Crippen LogP contribution in [0.2, 0.25) is 0 Å². The number of nitrogens with one attached hydrogen (secondary N) is 2. The van der Waals surface area contributed by atoms with Crippen molar-refractivity contribution in [2.24, 2.45) is 10.9 Å². The fraction of sp³-hybridized carbons (Fsp3) is 0.579. The molecule has 1 amide bonds. The van der Waals surface area contributed by atoms with Gasteiger partial charge in [0.25, 0.3) is 5.91 Å². The van der Waals surface area contributed by atoms with E-state index in [1.165, 1.54) is 12.8 Å². The zero-order chi connectivity index (χ0) is 18.1. The number of benzene rings is 1. The zero-order valence-corrected chi connectivity index (χ0v) is 15.5. The standard InChI is InChI=1S/C19H30N4O2/c1-4-21-18(24)14-25-17-9-5-8-16(11-17)12-22-19(20-3)23-10-6-7-15(2)13-23/h5,8-9,11,15H,4,6-7,10,12-14H2,1-3H3,(H,20,22)(H,21,24). The van der Waals surface area contributed by atoms with Gasteiger partial charge in [-0.25, -0.2) is 0 Å². The third-order valence-corrected chi connectivity index (χ3v) is 4.26. The molecule has 25 heavy (non-hydrogen) atoms. The summed E-state index contributed by atoms with van der Waals surface area (Å²) < 4.78 is 5.54. The molecule has 1 unspecified atom stereocenters. The Labute approximate surface area is 150 Å². The summed E-state index contributed by atoms with van der Waals surface area (Å²) >= 11 is 0. The Morgan fingerprint density at radius 1 is 1.40 bits per heavy atom. The molecule has 0 saturated carbocycles. The van der Waals surface area contributed by atoms with Crippen molar-refractivity contribution in [2.45, 2.75) is 33.2 Å². The predicted octanol–water partition coefficient (Wildman–Crippen LogP) is 2.01. The van der Waals surface area contributed by atoms with E-state index in [1.807, 2.05) is 38.2 Å². The third-order valence-electron chi connectivity index (χ3n) is 4.26. The summed E-state index contributed by atoms with van der Waals surface area (Å²) in [7, 11) is 1.83. The van der Waals surface area contributed by atoms with Gasteiger partial charge in [0.1, 0.15) is 5.75 Å². The Kier molecular flexibility index (Phi) is 7.57. The van der Waals surface area contributed by atoms with Gasteiger partial charge in [-0.1, -0.05) is 19.1 Å². The summed E-state index contributed by atoms with van der Waals surface area (Å²) in [6.07, 6.45) is 2.50. The van der Waals surface area contributed by atoms with Crippen LogP contribution in [0.1, 0.15) is 32.3 Å². The van der Waals surface area contributed by atoms with Crippen LogP contribution in [0.5, 0.6) is 5.75 Å². The van der Waals surface area contributed by atoms with E-state index in [1.54, 1.807) is 0 Å². The van der Waals surface area contributed by atoms with Crippen LogP contribution in [0, 0.1) is 5.92 Å². The number of piperidine rings is 1. The van der Waals surface area contributed by atoms with Crippen LogP contribution in [0.15, 0.2) is 29.3 Å². The van der Waals surface area contributed by atoms with E-state index in [2.05, 4.69) is 27.4 Å². The van der Waals surface area contributed by atoms with Gasteiger partial charge in [0.15, 0.2) is 12.6 Å². The van der Waals surface area contributed by atoms with E-state index in [-0.39, 0.29) is 12.5 Å². The number of likely N-dealkylation sites (N-methyl/N-ethyl adjacent to an activating group) is 1. The van der Waals surface area contributed by atoms with E-state index in [9.17, 15) is 4.79 Å². The molecule has 1 aromatic rings. The van der Waals surface area contributed by atoms with Crippen molar-refractivity contribution in [1.29, 1.82) is 0 Å². The van der Waals surface area contributed by atoms with Gasteiger partial charge >= 0.3 is 0 Å². The highest BCUT2D eigenvalue weighted by atomic mass is 16.5. The average molecular weight is 346 g/mol. The summed E-state index contributed by atoms with van der Waals surface area (Å²) in [5.41, 5.74) is 1.10. The lowest BCUT2D eigenvalue weighted by Gasteiger charge is -2.33. The molecule has 0 bridgehead atoms. The van der Waals surface area contributed by atoms with E-state index in [0.29, 0.717) is 24.8 Å². The summed E-state index contributed by atoms with van der Waals surface area (Å²) in [6, 6.07) is 7.80. The van der Waals surface area contributed by atoms with Gasteiger partial charge in [-0.15, -0.1) is 0 Å². The number of hydrogen-bond acceptors (Lipinski definition) is 3. The van der Waals surface area contributed by atoms with Gasteiger partial charge < -0.3 is 20.3 Å². The van der Waals surface area contributed by atoms with E-state index in [0.717, 1.165) is 24.6 Å². The van der Waals surface area contributed by atoms with Crippen molar-refractivity contribution in [3.63, 3.8) is 0 Å². The summed E-state index contributed by atoms with van der Waals surface area (Å²) in [4.78, 5) is 18.2. The number of amides is 1. The Balaban J connectivity index is 1.87. The van der Waals surface area contributed by atoms with Crippen molar-refractivity contribution in [1.82, 2.24) is 15.5 Å². The summed E-state index contributed by atoms with van der Waals surface area (Å²) in [5, 5.41) is 6.15. The smallest absolute Gasteiger partial charge is 0.257 e. The molecule has 6 nitrogen and oxygen atoms in total. The second-order valence-electron chi connectivity index (χ2n) is 6.48. The van der Waals surface area contributed by atoms with Crippen LogP contribution in [0.3, 0.4) is 0 Å². The average Bonchev–Trinajstić information content (AvgIpc) is 2.61. The number of ether oxygens (including phenoxy) is 1. The maximum atomic E-state index is 11.5. The predicted molar refractivity (Wildman–Crippen MR) is 101 cm³/mol. The number of aliphatic imine (C=N–C) groups is 1. The minimum atomic E-state index is -0.106. The lowest BCUT2D eigenvalue weighted by molar-refractivity contribution is -0.122. The van der Waals surface area contributed by atoms with Crippen molar-refractivity contribution >= 4 is 11.9 Å². The highest BCUT2D eigenvalue weighted by molar-refractivity contribution is 5.80. The molecule has 0 aliphatic carbocycles. The molecule has 1 aliphatic heterocycles. The largest absolute Gasteiger partial charge is 0.484 e. The number of guanidine groups is 1. The van der Waals surface area contributed by atoms with Crippen LogP contribution < -0.4 is 15.4 Å². The van der Waals surface area contributed by atoms with Crippen molar-refractivity contribution < 1.29 is 9.53 Å². The number of likely N-dealkylation sites (tertiary alicyclic amines) is 1. The van der Waals surface area contributed by atoms with Gasteiger partial charge in [0, 0.05) is 33.2 Å². The van der Waals surface area contributed by atoms with Gasteiger partial charge in [-0.05, 0) is 43.4 Å². The maximum absolute atomic E-state index is 11.5. The molecule has 2 N–H and O–H groups in total. The van der Waals surface area contributed by atoms with Gasteiger partial charge in [-0.3, -0.25) is 9.79 Å². The first-order chi connectivity index (χ1) is 12.1. The van der Waals surface area contributed by atoms with E-state index < -0.39 is 0 Å². The number of carbonyl (C=O) groups excluding carboxylic acids is 1. The first-order valence-corrected chi connectivity index (χ1v) is 9.06. The highest BCUT2D eigenvalue weighted by Crippen LogP contribution is 2.16. The SMILES string of the molecule is CCNC(=O)COc1cccc(CNC(=NC)N2CCCC(C)C2)c1. The van der Waals surface area contributed by atoms with Crippen LogP contribution in [0.4, 0.5) is 0 Å². The number of rotatable bonds is 6. The maximum Gasteiger partial charge on any atom is 0.257 e. The topological polar surface area (TPSA) is 66.0 Å². The lowest BCUT2D eigenvalue weighted by atomic mass is 10.0.